The molecule has 1 unspecified atom stereocenters. The van der Waals surface area contributed by atoms with Crippen molar-refractivity contribution in [3.8, 4) is 35.6 Å². The fraction of sp³-hybridized carbons (Fsp3) is 0.161. The molecule has 1 aliphatic heterocycles. The van der Waals surface area contributed by atoms with Gasteiger partial charge in [-0.25, -0.2) is 0 Å². The number of allylic oxidation sites excluding steroid dienone is 4. The smallest absolute Gasteiger partial charge is 0.134 e. The van der Waals surface area contributed by atoms with E-state index in [0.29, 0.717) is 11.5 Å². The van der Waals surface area contributed by atoms with Gasteiger partial charge in [0.05, 0.1) is 20.4 Å². The maximum absolute atomic E-state index is 9.10. The Kier molecular flexibility index (Phi) is 6.81. The molecule has 5 aromatic rings. The molecular weight excluding hydrogens is 555 g/mol. The second-order valence-corrected chi connectivity index (χ2v) is 12.6. The van der Waals surface area contributed by atoms with Gasteiger partial charge < -0.3 is 8.98 Å². The number of furan rings is 1. The number of aryl methyl sites for hydroxylation is 1. The molecule has 0 spiro atoms. The van der Waals surface area contributed by atoms with Crippen molar-refractivity contribution >= 4 is 71.0 Å². The van der Waals surface area contributed by atoms with Gasteiger partial charge in [-0.3, -0.25) is 0 Å². The van der Waals surface area contributed by atoms with Gasteiger partial charge in [0.15, 0.2) is 0 Å². The van der Waals surface area contributed by atoms with Gasteiger partial charge in [-0.05, 0) is 43.2 Å². The zero-order valence-electron chi connectivity index (χ0n) is 21.3. The molecule has 0 N–H and O–H groups in total. The van der Waals surface area contributed by atoms with Crippen LogP contribution in [0.15, 0.2) is 69.0 Å². The van der Waals surface area contributed by atoms with E-state index in [-0.39, 0.29) is 16.4 Å². The Bertz CT molecular complexity index is 2050. The second kappa shape index (κ2) is 10.6. The Morgan fingerprint density at radius 1 is 0.975 bits per heavy atom. The van der Waals surface area contributed by atoms with Crippen molar-refractivity contribution in [1.82, 2.24) is 4.57 Å². The largest absolute Gasteiger partial charge is 0.457 e. The molecule has 0 fully saturated rings. The van der Waals surface area contributed by atoms with Crippen LogP contribution in [0.2, 0.25) is 0 Å². The minimum Gasteiger partial charge on any atom is -0.457 e. The average molecular weight is 574 g/mol. The van der Waals surface area contributed by atoms with E-state index in [1.54, 1.807) is 23.9 Å². The third kappa shape index (κ3) is 4.41. The summed E-state index contributed by atoms with van der Waals surface area (Å²) < 4.78 is 12.2. The molecule has 0 saturated carbocycles. The summed E-state index contributed by atoms with van der Waals surface area (Å²) in [5, 5.41) is 37.8. The third-order valence-electron chi connectivity index (χ3n) is 6.70. The number of fused-ring (bicyclic) bond motifs is 5. The number of hydrogen-bond acceptors (Lipinski definition) is 8. The zero-order valence-corrected chi connectivity index (χ0v) is 23.7. The molecular formula is C31H19N5OS3. The van der Waals surface area contributed by atoms with Crippen molar-refractivity contribution in [2.75, 3.05) is 0 Å². The number of benzene rings is 1. The highest BCUT2D eigenvalue weighted by Crippen LogP contribution is 2.51. The van der Waals surface area contributed by atoms with Crippen molar-refractivity contribution in [3.05, 3.63) is 75.2 Å². The maximum atomic E-state index is 9.10. The van der Waals surface area contributed by atoms with E-state index in [0.717, 1.165) is 35.4 Å². The van der Waals surface area contributed by atoms with E-state index < -0.39 is 0 Å². The Morgan fingerprint density at radius 3 is 2.50 bits per heavy atom. The summed E-state index contributed by atoms with van der Waals surface area (Å²) >= 11 is 5.38. The van der Waals surface area contributed by atoms with E-state index in [1.807, 2.05) is 53.0 Å². The summed E-state index contributed by atoms with van der Waals surface area (Å²) in [6.45, 7) is 3.08. The minimum atomic E-state index is 0.00121. The summed E-state index contributed by atoms with van der Waals surface area (Å²) in [7, 11) is 0. The summed E-state index contributed by atoms with van der Waals surface area (Å²) in [6.07, 6.45) is 7.12. The first-order chi connectivity index (χ1) is 19.6. The van der Waals surface area contributed by atoms with Gasteiger partial charge >= 0.3 is 0 Å². The Hall–Kier alpha value is -4.51. The van der Waals surface area contributed by atoms with Crippen LogP contribution in [0.5, 0.6) is 0 Å². The van der Waals surface area contributed by atoms with Gasteiger partial charge in [-0.15, -0.1) is 34.4 Å². The first-order valence-corrected chi connectivity index (χ1v) is 15.1. The highest BCUT2D eigenvalue weighted by atomic mass is 32.2. The molecule has 40 heavy (non-hydrogen) atoms. The van der Waals surface area contributed by atoms with Crippen molar-refractivity contribution < 1.29 is 4.42 Å². The quantitative estimate of drug-likeness (QED) is 0.187. The fourth-order valence-electron chi connectivity index (χ4n) is 4.96. The van der Waals surface area contributed by atoms with Crippen molar-refractivity contribution in [2.45, 2.75) is 31.6 Å². The zero-order chi connectivity index (χ0) is 27.8. The number of rotatable bonds is 6. The maximum Gasteiger partial charge on any atom is 0.134 e. The van der Waals surface area contributed by atoms with Crippen LogP contribution in [0.25, 0.3) is 47.9 Å². The highest BCUT2D eigenvalue weighted by molar-refractivity contribution is 8.03. The van der Waals surface area contributed by atoms with Crippen LogP contribution in [0.3, 0.4) is 0 Å². The molecule has 1 aromatic carbocycles. The van der Waals surface area contributed by atoms with E-state index in [4.69, 9.17) is 25.5 Å². The third-order valence-corrected chi connectivity index (χ3v) is 10.7. The summed E-state index contributed by atoms with van der Waals surface area (Å²) in [5.74, 6) is 1.16. The molecule has 0 bridgehead atoms. The van der Waals surface area contributed by atoms with Crippen LogP contribution in [0.1, 0.15) is 35.7 Å². The number of nitrogens with zero attached hydrogens (tertiary/aromatic N) is 5. The molecule has 0 aliphatic carbocycles. The average Bonchev–Trinajstić information content (AvgIpc) is 3.79. The molecule has 4 aromatic heterocycles. The van der Waals surface area contributed by atoms with Gasteiger partial charge in [-0.2, -0.15) is 21.0 Å². The number of thiophene rings is 2. The predicted molar refractivity (Wildman–Crippen MR) is 162 cm³/mol. The number of aromatic nitrogens is 1. The van der Waals surface area contributed by atoms with Crippen molar-refractivity contribution in [3.63, 3.8) is 0 Å². The molecule has 1 atom stereocenters. The van der Waals surface area contributed by atoms with E-state index in [2.05, 4.69) is 41.8 Å². The minimum absolute atomic E-state index is 0.00121. The lowest BCUT2D eigenvalue weighted by atomic mass is 10.1. The predicted octanol–water partition coefficient (Wildman–Crippen LogP) is 9.21. The van der Waals surface area contributed by atoms with Crippen LogP contribution in [-0.2, 0) is 6.54 Å². The lowest BCUT2D eigenvalue weighted by Crippen LogP contribution is -1.95. The van der Waals surface area contributed by atoms with Gasteiger partial charge in [-0.1, -0.05) is 25.1 Å². The molecule has 1 aliphatic rings. The Morgan fingerprint density at radius 2 is 1.75 bits per heavy atom. The Balaban J connectivity index is 1.39. The van der Waals surface area contributed by atoms with E-state index in [9.17, 15) is 0 Å². The first kappa shape index (κ1) is 25.8. The van der Waals surface area contributed by atoms with Gasteiger partial charge in [0.2, 0.25) is 0 Å². The van der Waals surface area contributed by atoms with Gasteiger partial charge in [0.1, 0.15) is 46.9 Å². The molecule has 5 heterocycles. The van der Waals surface area contributed by atoms with Crippen LogP contribution in [0, 0.1) is 45.3 Å². The highest BCUT2D eigenvalue weighted by Gasteiger charge is 2.25. The lowest BCUT2D eigenvalue weighted by molar-refractivity contribution is 0.571. The van der Waals surface area contributed by atoms with Crippen LogP contribution in [-0.4, -0.2) is 4.57 Å². The van der Waals surface area contributed by atoms with Gasteiger partial charge in [0, 0.05) is 43.3 Å². The summed E-state index contributed by atoms with van der Waals surface area (Å²) in [5.41, 5.74) is 3.50. The topological polar surface area (TPSA) is 113 Å². The van der Waals surface area contributed by atoms with E-state index >= 15 is 0 Å². The molecule has 0 saturated heterocycles. The molecule has 0 radical (unpaired) electrons. The van der Waals surface area contributed by atoms with Gasteiger partial charge in [0.25, 0.3) is 0 Å². The second-order valence-electron chi connectivity index (χ2n) is 9.22. The normalized spacial score (nSPS) is 14.4. The lowest BCUT2D eigenvalue weighted by Gasteiger charge is -2.07. The number of thioether (sulfide) groups is 1. The molecule has 9 heteroatoms. The van der Waals surface area contributed by atoms with Crippen LogP contribution < -0.4 is 0 Å². The van der Waals surface area contributed by atoms with E-state index in [1.165, 1.54) is 36.0 Å². The number of nitriles is 4. The molecule has 192 valence electrons. The van der Waals surface area contributed by atoms with Crippen molar-refractivity contribution in [2.24, 2.45) is 0 Å². The number of hydrogen-bond donors (Lipinski definition) is 0. The fourth-order valence-corrected chi connectivity index (χ4v) is 9.01. The standard InChI is InChI=1S/C31H19N5OS3/c1-2-9-36-24-12-20(25-7-4-21(37-25)10-18(14-32)15-33)3-6-23(24)30-29(36)31-28(40-30)13-27(39-31)26-8-5-22(38-26)11-19(16-34)17-35/h3-7,10-13,26H,2,8-9H2,1H3. The first-order valence-electron chi connectivity index (χ1n) is 12.6. The van der Waals surface area contributed by atoms with Crippen molar-refractivity contribution in [1.29, 1.82) is 21.0 Å². The monoisotopic (exact) mass is 573 g/mol. The van der Waals surface area contributed by atoms with Crippen LogP contribution >= 0.6 is 34.4 Å². The van der Waals surface area contributed by atoms with Crippen LogP contribution in [0.4, 0.5) is 0 Å². The molecule has 6 nitrogen and oxygen atoms in total. The SMILES string of the molecule is CCCn1c2cc(-c3ccc(C=C(C#N)C#N)o3)ccc2c2sc3cc(C4CC=C(C=C(C#N)C#N)S4)sc3c21. The summed E-state index contributed by atoms with van der Waals surface area (Å²) in [6, 6.07) is 19.9. The Labute approximate surface area is 242 Å². The summed E-state index contributed by atoms with van der Waals surface area (Å²) in [4.78, 5) is 2.29. The molecule has 6 rings (SSSR count). The molecule has 0 amide bonds.